The van der Waals surface area contributed by atoms with Crippen molar-refractivity contribution in [1.82, 2.24) is 25.1 Å². The summed E-state index contributed by atoms with van der Waals surface area (Å²) >= 11 is 6.35. The molecular formula is C20H18ClN5O3. The van der Waals surface area contributed by atoms with Crippen LogP contribution in [0.4, 0.5) is 0 Å². The Kier molecular flexibility index (Phi) is 4.71. The molecule has 0 unspecified atom stereocenters. The van der Waals surface area contributed by atoms with Gasteiger partial charge in [0.05, 0.1) is 39.8 Å². The number of nitrogens with zero attached hydrogens (tertiary/aromatic N) is 3. The molecule has 4 aromatic rings. The van der Waals surface area contributed by atoms with E-state index >= 15 is 0 Å². The van der Waals surface area contributed by atoms with E-state index in [1.807, 2.05) is 29.7 Å². The minimum absolute atomic E-state index is 0.0838. The largest absolute Gasteiger partial charge is 0.481 e. The molecule has 2 aromatic carbocycles. The maximum atomic E-state index is 12.1. The first-order chi connectivity index (χ1) is 13.9. The van der Waals surface area contributed by atoms with E-state index in [0.29, 0.717) is 22.4 Å². The van der Waals surface area contributed by atoms with Gasteiger partial charge in [0.1, 0.15) is 5.82 Å². The maximum Gasteiger partial charge on any atom is 0.305 e. The van der Waals surface area contributed by atoms with Gasteiger partial charge in [0.15, 0.2) is 0 Å². The quantitative estimate of drug-likeness (QED) is 0.464. The molecule has 148 valence electrons. The van der Waals surface area contributed by atoms with E-state index in [-0.39, 0.29) is 23.4 Å². The van der Waals surface area contributed by atoms with Crippen molar-refractivity contribution in [2.45, 2.75) is 19.4 Å². The number of carbonyl (C=O) groups excluding carboxylic acids is 1. The normalized spacial score (nSPS) is 12.4. The van der Waals surface area contributed by atoms with Gasteiger partial charge in [-0.05, 0) is 25.1 Å². The molecule has 0 bridgehead atoms. The maximum absolute atomic E-state index is 12.1. The topological polar surface area (TPSA) is 113 Å². The van der Waals surface area contributed by atoms with Crippen molar-refractivity contribution in [3.63, 3.8) is 0 Å². The molecule has 8 nitrogen and oxygen atoms in total. The second-order valence-electron chi connectivity index (χ2n) is 6.82. The molecule has 0 fully saturated rings. The number of nitrogens with one attached hydrogen (secondary N) is 2. The molecule has 0 radical (unpaired) electrons. The molecule has 1 atom stereocenters. The number of rotatable bonds is 5. The highest BCUT2D eigenvalue weighted by molar-refractivity contribution is 6.34. The molecule has 2 aromatic heterocycles. The third kappa shape index (κ3) is 3.31. The predicted molar refractivity (Wildman–Crippen MR) is 110 cm³/mol. The van der Waals surface area contributed by atoms with Crippen LogP contribution in [0.5, 0.6) is 0 Å². The summed E-state index contributed by atoms with van der Waals surface area (Å²) in [4.78, 5) is 28.2. The van der Waals surface area contributed by atoms with Gasteiger partial charge in [0.2, 0.25) is 0 Å². The first-order valence-electron chi connectivity index (χ1n) is 8.98. The number of hydrogen-bond donors (Lipinski definition) is 3. The Morgan fingerprint density at radius 2 is 2.10 bits per heavy atom. The number of H-pyrrole nitrogens is 1. The number of aromatic nitrogens is 4. The molecule has 0 aliphatic heterocycles. The summed E-state index contributed by atoms with van der Waals surface area (Å²) in [6.07, 6.45) is 1.64. The van der Waals surface area contributed by atoms with Gasteiger partial charge in [-0.15, -0.1) is 0 Å². The molecule has 3 N–H and O–H groups in total. The number of benzene rings is 2. The number of aromatic amines is 1. The Balaban J connectivity index is 1.98. The van der Waals surface area contributed by atoms with Crippen LogP contribution in [0.2, 0.25) is 5.02 Å². The average molecular weight is 412 g/mol. The van der Waals surface area contributed by atoms with E-state index in [1.54, 1.807) is 18.3 Å². The fourth-order valence-electron chi connectivity index (χ4n) is 3.49. The van der Waals surface area contributed by atoms with E-state index in [1.165, 1.54) is 7.05 Å². The Morgan fingerprint density at radius 3 is 2.83 bits per heavy atom. The summed E-state index contributed by atoms with van der Waals surface area (Å²) in [5.74, 6) is -0.636. The fourth-order valence-corrected chi connectivity index (χ4v) is 3.74. The number of carboxylic acids is 1. The van der Waals surface area contributed by atoms with Crippen LogP contribution >= 0.6 is 11.6 Å². The van der Waals surface area contributed by atoms with E-state index < -0.39 is 5.97 Å². The fraction of sp³-hybridized carbons (Fsp3) is 0.200. The van der Waals surface area contributed by atoms with Crippen LogP contribution in [-0.2, 0) is 4.79 Å². The van der Waals surface area contributed by atoms with Gasteiger partial charge in [0.25, 0.3) is 5.91 Å². The summed E-state index contributed by atoms with van der Waals surface area (Å²) in [5.41, 5.74) is 3.18. The minimum Gasteiger partial charge on any atom is -0.481 e. The van der Waals surface area contributed by atoms with Crippen molar-refractivity contribution in [1.29, 1.82) is 0 Å². The second kappa shape index (κ2) is 7.21. The van der Waals surface area contributed by atoms with Crippen molar-refractivity contribution in [3.8, 4) is 11.4 Å². The molecule has 0 aliphatic carbocycles. The smallest absolute Gasteiger partial charge is 0.305 e. The average Bonchev–Trinajstić information content (AvgIpc) is 3.29. The first-order valence-corrected chi connectivity index (χ1v) is 9.35. The summed E-state index contributed by atoms with van der Waals surface area (Å²) < 4.78 is 1.85. The van der Waals surface area contributed by atoms with E-state index in [9.17, 15) is 14.7 Å². The molecule has 0 spiro atoms. The van der Waals surface area contributed by atoms with Gasteiger partial charge in [-0.2, -0.15) is 5.10 Å². The van der Waals surface area contributed by atoms with Crippen LogP contribution in [-0.4, -0.2) is 43.8 Å². The van der Waals surface area contributed by atoms with Gasteiger partial charge in [-0.1, -0.05) is 23.7 Å². The van der Waals surface area contributed by atoms with E-state index in [2.05, 4.69) is 15.5 Å². The van der Waals surface area contributed by atoms with Crippen LogP contribution < -0.4 is 5.32 Å². The number of carboxylic acid groups (broad SMARTS) is 1. The number of carbonyl (C=O) groups is 2. The Morgan fingerprint density at radius 1 is 1.31 bits per heavy atom. The van der Waals surface area contributed by atoms with Crippen molar-refractivity contribution in [3.05, 3.63) is 47.1 Å². The van der Waals surface area contributed by atoms with Crippen molar-refractivity contribution >= 4 is 45.4 Å². The van der Waals surface area contributed by atoms with Crippen LogP contribution in [0.25, 0.3) is 33.3 Å². The highest BCUT2D eigenvalue weighted by Gasteiger charge is 2.22. The highest BCUT2D eigenvalue weighted by Crippen LogP contribution is 2.33. The van der Waals surface area contributed by atoms with Crippen LogP contribution in [0.15, 0.2) is 36.5 Å². The number of halogens is 1. The molecule has 2 heterocycles. The summed E-state index contributed by atoms with van der Waals surface area (Å²) in [7, 11) is 1.53. The van der Waals surface area contributed by atoms with Crippen LogP contribution in [0.1, 0.15) is 29.7 Å². The third-order valence-corrected chi connectivity index (χ3v) is 5.17. The Hall–Kier alpha value is -3.39. The molecule has 4 rings (SSSR count). The standard InChI is InChI=1S/C20H18ClN5O3/c1-10(5-18(27)28)26-17-8-14(21)13(20(29)22-2)7-16(17)24-19(26)11-3-4-12-9-23-25-15(12)6-11/h3-4,6-10H,5H2,1-2H3,(H,22,29)(H,23,25)(H,27,28)/t10-/m0/s1. The van der Waals surface area contributed by atoms with Gasteiger partial charge < -0.3 is 15.0 Å². The number of imidazole rings is 1. The number of amides is 1. The zero-order valence-corrected chi connectivity index (χ0v) is 16.5. The van der Waals surface area contributed by atoms with E-state index in [0.717, 1.165) is 16.5 Å². The lowest BCUT2D eigenvalue weighted by Gasteiger charge is -2.16. The lowest BCUT2D eigenvalue weighted by atomic mass is 10.1. The zero-order chi connectivity index (χ0) is 20.7. The zero-order valence-electron chi connectivity index (χ0n) is 15.7. The molecule has 9 heteroatoms. The lowest BCUT2D eigenvalue weighted by Crippen LogP contribution is -2.18. The van der Waals surface area contributed by atoms with Crippen LogP contribution in [0, 0.1) is 0 Å². The van der Waals surface area contributed by atoms with Gasteiger partial charge >= 0.3 is 5.97 Å². The highest BCUT2D eigenvalue weighted by atomic mass is 35.5. The van der Waals surface area contributed by atoms with Gasteiger partial charge in [0, 0.05) is 24.0 Å². The predicted octanol–water partition coefficient (Wildman–Crippen LogP) is 3.63. The number of aliphatic carboxylic acids is 1. The molecule has 0 saturated carbocycles. The van der Waals surface area contributed by atoms with Crippen LogP contribution in [0.3, 0.4) is 0 Å². The third-order valence-electron chi connectivity index (χ3n) is 4.86. The number of hydrogen-bond acceptors (Lipinski definition) is 4. The summed E-state index contributed by atoms with van der Waals surface area (Å²) in [6, 6.07) is 8.64. The molecule has 29 heavy (non-hydrogen) atoms. The molecule has 0 aliphatic rings. The molecular weight excluding hydrogens is 394 g/mol. The summed E-state index contributed by atoms with van der Waals surface area (Å²) in [6.45, 7) is 1.81. The van der Waals surface area contributed by atoms with Crippen molar-refractivity contribution in [2.24, 2.45) is 0 Å². The summed E-state index contributed by atoms with van der Waals surface area (Å²) in [5, 5.41) is 20.1. The Labute approximate surface area is 170 Å². The van der Waals surface area contributed by atoms with Gasteiger partial charge in [-0.25, -0.2) is 4.98 Å². The second-order valence-corrected chi connectivity index (χ2v) is 7.23. The lowest BCUT2D eigenvalue weighted by molar-refractivity contribution is -0.137. The monoisotopic (exact) mass is 411 g/mol. The molecule has 1 amide bonds. The van der Waals surface area contributed by atoms with Crippen molar-refractivity contribution in [2.75, 3.05) is 7.05 Å². The number of fused-ring (bicyclic) bond motifs is 2. The molecule has 0 saturated heterocycles. The van der Waals surface area contributed by atoms with E-state index in [4.69, 9.17) is 16.6 Å². The minimum atomic E-state index is -0.914. The van der Waals surface area contributed by atoms with Gasteiger partial charge in [-0.3, -0.25) is 14.7 Å². The first kappa shape index (κ1) is 18.9. The SMILES string of the molecule is CNC(=O)c1cc2nc(-c3ccc4cn[nH]c4c3)n([C@@H](C)CC(=O)O)c2cc1Cl. The van der Waals surface area contributed by atoms with Crippen molar-refractivity contribution < 1.29 is 14.7 Å². The Bertz CT molecular complexity index is 1260.